The minimum atomic E-state index is 0.149. The molecule has 0 aromatic carbocycles. The van der Waals surface area contributed by atoms with Crippen molar-refractivity contribution in [2.45, 2.75) is 25.8 Å². The first-order valence-corrected chi connectivity index (χ1v) is 6.56. The lowest BCUT2D eigenvalue weighted by atomic mass is 10.2. The third kappa shape index (κ3) is 2.18. The number of halogens is 1. The van der Waals surface area contributed by atoms with Crippen LogP contribution in [0, 0.1) is 6.92 Å². The van der Waals surface area contributed by atoms with Gasteiger partial charge in [-0.25, -0.2) is 0 Å². The van der Waals surface area contributed by atoms with E-state index in [1.807, 2.05) is 23.3 Å². The van der Waals surface area contributed by atoms with Gasteiger partial charge in [0.2, 0.25) is 0 Å². The van der Waals surface area contributed by atoms with Crippen LogP contribution < -0.4 is 0 Å². The van der Waals surface area contributed by atoms with Gasteiger partial charge in [0.1, 0.15) is 0 Å². The first-order valence-electron chi connectivity index (χ1n) is 5.14. The van der Waals surface area contributed by atoms with Gasteiger partial charge in [0.05, 0.1) is 4.88 Å². The fraction of sp³-hybridized carbons (Fsp3) is 0.545. The molecule has 2 heterocycles. The number of rotatable bonds is 2. The predicted molar refractivity (Wildman–Crippen MR) is 63.8 cm³/mol. The van der Waals surface area contributed by atoms with Crippen molar-refractivity contribution >= 4 is 28.8 Å². The molecule has 4 heteroatoms. The van der Waals surface area contributed by atoms with Crippen LogP contribution in [0.25, 0.3) is 0 Å². The summed E-state index contributed by atoms with van der Waals surface area (Å²) >= 11 is 7.37. The van der Waals surface area contributed by atoms with Crippen molar-refractivity contribution in [2.24, 2.45) is 0 Å². The summed E-state index contributed by atoms with van der Waals surface area (Å²) in [6, 6.07) is 2.19. The first kappa shape index (κ1) is 11.0. The van der Waals surface area contributed by atoms with E-state index < -0.39 is 0 Å². The summed E-state index contributed by atoms with van der Waals surface area (Å²) in [7, 11) is 0. The van der Waals surface area contributed by atoms with E-state index >= 15 is 0 Å². The van der Waals surface area contributed by atoms with E-state index in [0.717, 1.165) is 29.8 Å². The highest BCUT2D eigenvalue weighted by molar-refractivity contribution is 7.12. The van der Waals surface area contributed by atoms with Crippen molar-refractivity contribution in [3.05, 3.63) is 21.9 Å². The zero-order chi connectivity index (χ0) is 10.8. The Bertz CT molecular complexity index is 363. The Kier molecular flexibility index (Phi) is 3.32. The Morgan fingerprint density at radius 2 is 2.53 bits per heavy atom. The molecule has 2 rings (SSSR count). The van der Waals surface area contributed by atoms with Gasteiger partial charge in [-0.2, -0.15) is 0 Å². The normalized spacial score (nSPS) is 20.9. The first-order chi connectivity index (χ1) is 7.22. The molecule has 1 atom stereocenters. The Balaban J connectivity index is 2.13. The predicted octanol–water partition coefficient (Wildman–Crippen LogP) is 2.90. The van der Waals surface area contributed by atoms with Crippen molar-refractivity contribution in [1.29, 1.82) is 0 Å². The van der Waals surface area contributed by atoms with Gasteiger partial charge >= 0.3 is 0 Å². The molecule has 1 unspecified atom stereocenters. The van der Waals surface area contributed by atoms with Crippen LogP contribution in [0.3, 0.4) is 0 Å². The van der Waals surface area contributed by atoms with E-state index in [4.69, 9.17) is 11.6 Å². The van der Waals surface area contributed by atoms with Gasteiger partial charge in [-0.3, -0.25) is 4.79 Å². The maximum absolute atomic E-state index is 12.1. The second-order valence-electron chi connectivity index (χ2n) is 3.94. The van der Waals surface area contributed by atoms with E-state index in [1.165, 1.54) is 11.3 Å². The molecule has 0 N–H and O–H groups in total. The highest BCUT2D eigenvalue weighted by Crippen LogP contribution is 2.23. The van der Waals surface area contributed by atoms with E-state index in [9.17, 15) is 4.79 Å². The minimum Gasteiger partial charge on any atom is -0.334 e. The van der Waals surface area contributed by atoms with E-state index in [0.29, 0.717) is 5.88 Å². The Hall–Kier alpha value is -0.540. The summed E-state index contributed by atoms with van der Waals surface area (Å²) in [6.45, 7) is 2.86. The molecule has 1 aliphatic rings. The van der Waals surface area contributed by atoms with E-state index in [1.54, 1.807) is 0 Å². The summed E-state index contributed by atoms with van der Waals surface area (Å²) in [6.07, 6.45) is 2.12. The molecular weight excluding hydrogens is 230 g/mol. The van der Waals surface area contributed by atoms with Crippen molar-refractivity contribution in [2.75, 3.05) is 12.4 Å². The van der Waals surface area contributed by atoms with Gasteiger partial charge in [-0.1, -0.05) is 0 Å². The van der Waals surface area contributed by atoms with Crippen molar-refractivity contribution in [3.8, 4) is 0 Å². The summed E-state index contributed by atoms with van der Waals surface area (Å²) in [4.78, 5) is 14.9. The summed E-state index contributed by atoms with van der Waals surface area (Å²) < 4.78 is 0. The zero-order valence-corrected chi connectivity index (χ0v) is 10.3. The number of nitrogens with zero attached hydrogens (tertiary/aromatic N) is 1. The number of aryl methyl sites for hydroxylation is 1. The molecule has 1 aromatic heterocycles. The molecule has 0 spiro atoms. The highest BCUT2D eigenvalue weighted by atomic mass is 35.5. The zero-order valence-electron chi connectivity index (χ0n) is 8.70. The number of carbonyl (C=O) groups excluding carboxylic acids is 1. The molecule has 1 aromatic rings. The van der Waals surface area contributed by atoms with Crippen molar-refractivity contribution in [1.82, 2.24) is 4.90 Å². The molecule has 15 heavy (non-hydrogen) atoms. The third-order valence-corrected chi connectivity index (χ3v) is 4.15. The third-order valence-electron chi connectivity index (χ3n) is 2.76. The Morgan fingerprint density at radius 1 is 1.73 bits per heavy atom. The summed E-state index contributed by atoms with van der Waals surface area (Å²) in [5, 5.41) is 2.01. The lowest BCUT2D eigenvalue weighted by molar-refractivity contribution is 0.0754. The van der Waals surface area contributed by atoms with Gasteiger partial charge in [-0.05, 0) is 36.8 Å². The van der Waals surface area contributed by atoms with Crippen LogP contribution in [-0.2, 0) is 0 Å². The van der Waals surface area contributed by atoms with Crippen LogP contribution >= 0.6 is 22.9 Å². The van der Waals surface area contributed by atoms with Gasteiger partial charge in [0.25, 0.3) is 5.91 Å². The second kappa shape index (κ2) is 4.54. The van der Waals surface area contributed by atoms with Crippen molar-refractivity contribution < 1.29 is 4.79 Å². The molecule has 82 valence electrons. The molecule has 1 aliphatic heterocycles. The van der Waals surface area contributed by atoms with Crippen LogP contribution in [0.4, 0.5) is 0 Å². The molecule has 0 saturated carbocycles. The fourth-order valence-electron chi connectivity index (χ4n) is 1.95. The van der Waals surface area contributed by atoms with Crippen LogP contribution in [0.15, 0.2) is 11.4 Å². The van der Waals surface area contributed by atoms with Crippen LogP contribution in [0.5, 0.6) is 0 Å². The largest absolute Gasteiger partial charge is 0.334 e. The van der Waals surface area contributed by atoms with E-state index in [2.05, 4.69) is 0 Å². The molecule has 0 radical (unpaired) electrons. The molecule has 0 aliphatic carbocycles. The second-order valence-corrected chi connectivity index (χ2v) is 5.16. The maximum atomic E-state index is 12.1. The molecule has 2 nitrogen and oxygen atoms in total. The van der Waals surface area contributed by atoms with Crippen LogP contribution in [-0.4, -0.2) is 29.3 Å². The van der Waals surface area contributed by atoms with E-state index in [-0.39, 0.29) is 11.9 Å². The maximum Gasteiger partial charge on any atom is 0.264 e. The summed E-state index contributed by atoms with van der Waals surface area (Å²) in [5.74, 6) is 0.701. The topological polar surface area (TPSA) is 20.3 Å². The number of amides is 1. The SMILES string of the molecule is Cc1csc(C(=O)N2CCCC2CCl)c1. The van der Waals surface area contributed by atoms with Crippen LogP contribution in [0.2, 0.25) is 0 Å². The van der Waals surface area contributed by atoms with Gasteiger partial charge in [0, 0.05) is 18.5 Å². The quantitative estimate of drug-likeness (QED) is 0.732. The van der Waals surface area contributed by atoms with Crippen LogP contribution in [0.1, 0.15) is 28.1 Å². The molecule has 1 amide bonds. The average molecular weight is 244 g/mol. The molecule has 1 saturated heterocycles. The number of thiophene rings is 1. The number of likely N-dealkylation sites (tertiary alicyclic amines) is 1. The summed E-state index contributed by atoms with van der Waals surface area (Å²) in [5.41, 5.74) is 1.16. The van der Waals surface area contributed by atoms with Crippen molar-refractivity contribution in [3.63, 3.8) is 0 Å². The monoisotopic (exact) mass is 243 g/mol. The lowest BCUT2D eigenvalue weighted by Gasteiger charge is -2.22. The molecule has 1 fully saturated rings. The number of hydrogen-bond donors (Lipinski definition) is 0. The molecular formula is C11H14ClNOS. The Labute approximate surface area is 98.8 Å². The minimum absolute atomic E-state index is 0.149. The number of alkyl halides is 1. The standard InChI is InChI=1S/C11H14ClNOS/c1-8-5-10(15-7-8)11(14)13-4-2-3-9(13)6-12/h5,7,9H,2-4,6H2,1H3. The number of carbonyl (C=O) groups is 1. The smallest absolute Gasteiger partial charge is 0.264 e. The molecule has 0 bridgehead atoms. The van der Waals surface area contributed by atoms with Gasteiger partial charge < -0.3 is 4.90 Å². The highest BCUT2D eigenvalue weighted by Gasteiger charge is 2.29. The fourth-order valence-corrected chi connectivity index (χ4v) is 3.12. The van der Waals surface area contributed by atoms with Gasteiger partial charge in [0.15, 0.2) is 0 Å². The Morgan fingerprint density at radius 3 is 3.13 bits per heavy atom. The lowest BCUT2D eigenvalue weighted by Crippen LogP contribution is -2.36. The number of hydrogen-bond acceptors (Lipinski definition) is 2. The van der Waals surface area contributed by atoms with Gasteiger partial charge in [-0.15, -0.1) is 22.9 Å². The average Bonchev–Trinajstić information content (AvgIpc) is 2.84.